The van der Waals surface area contributed by atoms with Gasteiger partial charge in [-0.05, 0) is 123 Å². The average Bonchev–Trinajstić information content (AvgIpc) is 4.00. The van der Waals surface area contributed by atoms with Crippen molar-refractivity contribution in [1.82, 2.24) is 4.57 Å². The maximum absolute atomic E-state index is 2.47. The molecule has 0 saturated heterocycles. The molecule has 12 aromatic rings. The zero-order chi connectivity index (χ0) is 43.9. The van der Waals surface area contributed by atoms with Crippen molar-refractivity contribution in [3.63, 3.8) is 0 Å². The van der Waals surface area contributed by atoms with Crippen LogP contribution in [0, 0.1) is 0 Å². The fourth-order valence-corrected chi connectivity index (χ4v) is 12.1. The Labute approximate surface area is 388 Å². The minimum atomic E-state index is -0.178. The Morgan fingerprint density at radius 1 is 0.394 bits per heavy atom. The molecular formula is C63H44N2S. The van der Waals surface area contributed by atoms with Gasteiger partial charge >= 0.3 is 0 Å². The van der Waals surface area contributed by atoms with E-state index in [4.69, 9.17) is 0 Å². The summed E-state index contributed by atoms with van der Waals surface area (Å²) in [5, 5.41) is 5.20. The second kappa shape index (κ2) is 15.1. The first kappa shape index (κ1) is 38.5. The van der Waals surface area contributed by atoms with Gasteiger partial charge in [-0.25, -0.2) is 0 Å². The predicted octanol–water partition coefficient (Wildman–Crippen LogP) is 17.9. The van der Waals surface area contributed by atoms with Crippen LogP contribution in [0.3, 0.4) is 0 Å². The molecule has 1 aliphatic rings. The maximum atomic E-state index is 2.47. The van der Waals surface area contributed by atoms with E-state index in [2.05, 4.69) is 254 Å². The molecule has 312 valence electrons. The van der Waals surface area contributed by atoms with Gasteiger partial charge in [-0.15, -0.1) is 11.3 Å². The molecule has 1 aliphatic carbocycles. The summed E-state index contributed by atoms with van der Waals surface area (Å²) in [6, 6.07) is 84.9. The molecule has 2 heterocycles. The molecule has 0 aliphatic heterocycles. The van der Waals surface area contributed by atoms with Crippen LogP contribution in [0.2, 0.25) is 0 Å². The van der Waals surface area contributed by atoms with Crippen LogP contribution in [0.1, 0.15) is 25.0 Å². The number of aromatic nitrogens is 1. The number of nitrogens with zero attached hydrogens (tertiary/aromatic N) is 2. The normalized spacial score (nSPS) is 12.8. The lowest BCUT2D eigenvalue weighted by Crippen LogP contribution is -2.15. The van der Waals surface area contributed by atoms with Gasteiger partial charge in [0.15, 0.2) is 0 Å². The highest BCUT2D eigenvalue weighted by atomic mass is 32.1. The minimum absolute atomic E-state index is 0.178. The number of benzene rings is 10. The number of hydrogen-bond acceptors (Lipinski definition) is 2. The zero-order valence-electron chi connectivity index (χ0n) is 36.7. The molecule has 0 radical (unpaired) electrons. The van der Waals surface area contributed by atoms with Gasteiger partial charge < -0.3 is 9.47 Å². The Hall–Kier alpha value is -7.98. The number of para-hydroxylation sites is 4. The molecule has 10 aromatic carbocycles. The molecule has 0 fully saturated rings. The molecule has 0 atom stereocenters. The molecule has 0 bridgehead atoms. The number of fused-ring (bicyclic) bond motifs is 9. The molecule has 3 heteroatoms. The number of anilines is 3. The molecule has 2 aromatic heterocycles. The zero-order valence-corrected chi connectivity index (χ0v) is 37.6. The standard InChI is InChI=1S/C63H44N2S/c1-63(2)55-38-34-42(39-54(55)50-37-33-43(40-56(50)63)48-24-16-29-59-61(48)53-23-10-13-28-58(53)65(59)45-19-7-4-8-20-45)47-21-9-12-27-57(47)64(44-17-5-3-6-18-44)46-35-31-41(32-36-46)49-25-15-26-52-51-22-11-14-30-60(51)66-62(49)52/h3-40H,1-2H3. The van der Waals surface area contributed by atoms with Gasteiger partial charge in [-0.2, -0.15) is 0 Å². The van der Waals surface area contributed by atoms with Crippen LogP contribution in [-0.2, 0) is 5.41 Å². The predicted molar refractivity (Wildman–Crippen MR) is 282 cm³/mol. The third-order valence-corrected chi connectivity index (χ3v) is 15.2. The lowest BCUT2D eigenvalue weighted by Gasteiger charge is -2.28. The second-order valence-corrected chi connectivity index (χ2v) is 19.1. The summed E-state index contributed by atoms with van der Waals surface area (Å²) in [6.07, 6.45) is 0. The Morgan fingerprint density at radius 2 is 1.00 bits per heavy atom. The highest BCUT2D eigenvalue weighted by Gasteiger charge is 2.36. The summed E-state index contributed by atoms with van der Waals surface area (Å²) in [5.74, 6) is 0. The van der Waals surface area contributed by atoms with Crippen molar-refractivity contribution >= 4 is 70.4 Å². The lowest BCUT2D eigenvalue weighted by molar-refractivity contribution is 0.660. The van der Waals surface area contributed by atoms with Crippen LogP contribution in [0.15, 0.2) is 231 Å². The van der Waals surface area contributed by atoms with E-state index in [-0.39, 0.29) is 5.41 Å². The summed E-state index contributed by atoms with van der Waals surface area (Å²) < 4.78 is 5.06. The Morgan fingerprint density at radius 3 is 1.85 bits per heavy atom. The molecule has 0 spiro atoms. The van der Waals surface area contributed by atoms with Gasteiger partial charge in [0.05, 0.1) is 16.7 Å². The van der Waals surface area contributed by atoms with Crippen molar-refractivity contribution in [2.24, 2.45) is 0 Å². The highest BCUT2D eigenvalue weighted by Crippen LogP contribution is 2.52. The summed E-state index contributed by atoms with van der Waals surface area (Å²) >= 11 is 1.88. The van der Waals surface area contributed by atoms with Crippen LogP contribution in [0.25, 0.3) is 92.2 Å². The van der Waals surface area contributed by atoms with E-state index in [0.717, 1.165) is 17.1 Å². The molecule has 66 heavy (non-hydrogen) atoms. The van der Waals surface area contributed by atoms with Crippen molar-refractivity contribution in [3.8, 4) is 50.2 Å². The summed E-state index contributed by atoms with van der Waals surface area (Å²) in [4.78, 5) is 2.41. The van der Waals surface area contributed by atoms with Gasteiger partial charge in [-0.1, -0.05) is 172 Å². The Kier molecular flexibility index (Phi) is 8.78. The van der Waals surface area contributed by atoms with Gasteiger partial charge in [0.1, 0.15) is 0 Å². The molecule has 13 rings (SSSR count). The van der Waals surface area contributed by atoms with Crippen LogP contribution in [0.4, 0.5) is 17.1 Å². The van der Waals surface area contributed by atoms with Crippen molar-refractivity contribution in [2.45, 2.75) is 19.3 Å². The molecular weight excluding hydrogens is 817 g/mol. The van der Waals surface area contributed by atoms with Crippen LogP contribution in [-0.4, -0.2) is 4.57 Å². The number of thiophene rings is 1. The van der Waals surface area contributed by atoms with Crippen LogP contribution < -0.4 is 4.90 Å². The van der Waals surface area contributed by atoms with Crippen molar-refractivity contribution in [3.05, 3.63) is 242 Å². The summed E-state index contributed by atoms with van der Waals surface area (Å²) in [5.41, 5.74) is 19.5. The first-order chi connectivity index (χ1) is 32.5. The largest absolute Gasteiger partial charge is 0.310 e. The monoisotopic (exact) mass is 860 g/mol. The van der Waals surface area contributed by atoms with Gasteiger partial charge in [-0.3, -0.25) is 0 Å². The SMILES string of the molecule is CC1(C)c2ccc(-c3ccccc3N(c3ccccc3)c3ccc(-c4cccc5c4sc4ccccc45)cc3)cc2-c2ccc(-c3cccc4c3c3ccccc3n4-c3ccccc3)cc21. The average molecular weight is 861 g/mol. The highest BCUT2D eigenvalue weighted by molar-refractivity contribution is 7.26. The van der Waals surface area contributed by atoms with Crippen molar-refractivity contribution < 1.29 is 0 Å². The van der Waals surface area contributed by atoms with E-state index >= 15 is 0 Å². The molecule has 0 saturated carbocycles. The Balaban J connectivity index is 0.903. The number of rotatable bonds is 7. The third-order valence-electron chi connectivity index (χ3n) is 14.0. The molecule has 0 N–H and O–H groups in total. The van der Waals surface area contributed by atoms with E-state index in [1.54, 1.807) is 0 Å². The first-order valence-electron chi connectivity index (χ1n) is 22.8. The summed E-state index contributed by atoms with van der Waals surface area (Å²) in [7, 11) is 0. The van der Waals surface area contributed by atoms with Crippen LogP contribution >= 0.6 is 11.3 Å². The Bertz CT molecular complexity index is 3840. The maximum Gasteiger partial charge on any atom is 0.0547 e. The second-order valence-electron chi connectivity index (χ2n) is 18.0. The number of hydrogen-bond donors (Lipinski definition) is 0. The van der Waals surface area contributed by atoms with E-state index in [1.807, 2.05) is 11.3 Å². The third kappa shape index (κ3) is 5.94. The molecule has 2 nitrogen and oxygen atoms in total. The summed E-state index contributed by atoms with van der Waals surface area (Å²) in [6.45, 7) is 4.78. The smallest absolute Gasteiger partial charge is 0.0547 e. The lowest BCUT2D eigenvalue weighted by atomic mass is 9.81. The van der Waals surface area contributed by atoms with Crippen molar-refractivity contribution in [2.75, 3.05) is 4.90 Å². The van der Waals surface area contributed by atoms with Crippen molar-refractivity contribution in [1.29, 1.82) is 0 Å². The van der Waals surface area contributed by atoms with Crippen LogP contribution in [0.5, 0.6) is 0 Å². The molecule has 0 unspecified atom stereocenters. The topological polar surface area (TPSA) is 8.17 Å². The van der Waals surface area contributed by atoms with E-state index in [1.165, 1.54) is 103 Å². The van der Waals surface area contributed by atoms with E-state index < -0.39 is 0 Å². The fourth-order valence-electron chi connectivity index (χ4n) is 10.9. The van der Waals surface area contributed by atoms with Gasteiger partial charge in [0.2, 0.25) is 0 Å². The first-order valence-corrected chi connectivity index (χ1v) is 23.7. The minimum Gasteiger partial charge on any atom is -0.310 e. The fraction of sp³-hybridized carbons (Fsp3) is 0.0476. The quantitative estimate of drug-likeness (QED) is 0.155. The van der Waals surface area contributed by atoms with E-state index in [9.17, 15) is 0 Å². The van der Waals surface area contributed by atoms with E-state index in [0.29, 0.717) is 0 Å². The molecule has 0 amide bonds. The van der Waals surface area contributed by atoms with Gasteiger partial charge in [0, 0.05) is 59.0 Å². The van der Waals surface area contributed by atoms with Gasteiger partial charge in [0.25, 0.3) is 0 Å².